The van der Waals surface area contributed by atoms with Crippen molar-refractivity contribution in [3.63, 3.8) is 0 Å². The average Bonchev–Trinajstić information content (AvgIpc) is 2.84. The van der Waals surface area contributed by atoms with Crippen molar-refractivity contribution in [3.05, 3.63) is 18.0 Å². The zero-order valence-electron chi connectivity index (χ0n) is 12.9. The predicted molar refractivity (Wildman–Crippen MR) is 79.2 cm³/mol. The van der Waals surface area contributed by atoms with Gasteiger partial charge in [0.15, 0.2) is 0 Å². The molecule has 1 unspecified atom stereocenters. The van der Waals surface area contributed by atoms with Crippen LogP contribution in [0.2, 0.25) is 0 Å². The Bertz CT molecular complexity index is 336. The van der Waals surface area contributed by atoms with Crippen LogP contribution in [0.25, 0.3) is 0 Å². The van der Waals surface area contributed by atoms with Crippen LogP contribution in [0.1, 0.15) is 52.1 Å². The monoisotopic (exact) mass is 267 g/mol. The van der Waals surface area contributed by atoms with Gasteiger partial charge >= 0.3 is 0 Å². The molecule has 0 aliphatic carbocycles. The molecule has 0 bridgehead atoms. The van der Waals surface area contributed by atoms with Crippen LogP contribution in [0.15, 0.2) is 12.4 Å². The summed E-state index contributed by atoms with van der Waals surface area (Å²) in [4.78, 5) is 0. The molecule has 1 aromatic rings. The third kappa shape index (κ3) is 6.21. The second-order valence-corrected chi connectivity index (χ2v) is 5.42. The molecule has 0 amide bonds. The first-order valence-electron chi connectivity index (χ1n) is 7.50. The molecule has 0 spiro atoms. The predicted octanol–water partition coefficient (Wildman–Crippen LogP) is 3.01. The molecule has 1 aromatic heterocycles. The van der Waals surface area contributed by atoms with Gasteiger partial charge in [0, 0.05) is 24.4 Å². The van der Waals surface area contributed by atoms with E-state index in [9.17, 15) is 0 Å². The van der Waals surface area contributed by atoms with E-state index in [1.54, 1.807) is 0 Å². The first-order valence-corrected chi connectivity index (χ1v) is 7.50. The van der Waals surface area contributed by atoms with E-state index in [0.717, 1.165) is 39.1 Å². The van der Waals surface area contributed by atoms with E-state index in [1.165, 1.54) is 5.56 Å². The summed E-state index contributed by atoms with van der Waals surface area (Å²) in [6.45, 7) is 12.2. The number of nitrogens with zero attached hydrogens (tertiary/aromatic N) is 2. The van der Waals surface area contributed by atoms with E-state index in [1.807, 2.05) is 10.9 Å². The Hall–Kier alpha value is -0.870. The third-order valence-corrected chi connectivity index (χ3v) is 3.02. The quantitative estimate of drug-likeness (QED) is 0.662. The normalized spacial score (nSPS) is 13.1. The molecule has 0 aliphatic rings. The lowest BCUT2D eigenvalue weighted by atomic mass is 10.1. The minimum atomic E-state index is 0.422. The van der Waals surface area contributed by atoms with Gasteiger partial charge in [-0.1, -0.05) is 27.7 Å². The van der Waals surface area contributed by atoms with Crippen LogP contribution in [-0.2, 0) is 11.3 Å². The van der Waals surface area contributed by atoms with Crippen LogP contribution < -0.4 is 5.32 Å². The van der Waals surface area contributed by atoms with Crippen LogP contribution in [0.5, 0.6) is 0 Å². The van der Waals surface area contributed by atoms with Crippen LogP contribution in [-0.4, -0.2) is 29.5 Å². The maximum atomic E-state index is 5.58. The zero-order chi connectivity index (χ0) is 14.1. The fraction of sp³-hybridized carbons (Fsp3) is 0.800. The van der Waals surface area contributed by atoms with Gasteiger partial charge in [-0.05, 0) is 25.3 Å². The summed E-state index contributed by atoms with van der Waals surface area (Å²) in [6, 6.07) is 0.422. The summed E-state index contributed by atoms with van der Waals surface area (Å²) in [5.41, 5.74) is 1.28. The van der Waals surface area contributed by atoms with Crippen molar-refractivity contribution in [2.45, 2.75) is 53.1 Å². The highest BCUT2D eigenvalue weighted by molar-refractivity contribution is 5.10. The number of rotatable bonds is 10. The molecule has 1 N–H and O–H groups in total. The van der Waals surface area contributed by atoms with E-state index < -0.39 is 0 Å². The van der Waals surface area contributed by atoms with E-state index in [4.69, 9.17) is 4.74 Å². The Labute approximate surface area is 117 Å². The Morgan fingerprint density at radius 2 is 2.16 bits per heavy atom. The van der Waals surface area contributed by atoms with Crippen molar-refractivity contribution < 1.29 is 4.74 Å². The Balaban J connectivity index is 2.37. The van der Waals surface area contributed by atoms with Gasteiger partial charge in [0.1, 0.15) is 0 Å². The smallest absolute Gasteiger partial charge is 0.0662 e. The zero-order valence-corrected chi connectivity index (χ0v) is 12.9. The van der Waals surface area contributed by atoms with Crippen LogP contribution in [0.4, 0.5) is 0 Å². The molecule has 1 heterocycles. The van der Waals surface area contributed by atoms with Gasteiger partial charge in [-0.25, -0.2) is 0 Å². The highest BCUT2D eigenvalue weighted by atomic mass is 16.5. The van der Waals surface area contributed by atoms with E-state index in [2.05, 4.69) is 44.3 Å². The molecular formula is C15H29N3O. The molecular weight excluding hydrogens is 238 g/mol. The summed E-state index contributed by atoms with van der Waals surface area (Å²) in [5.74, 6) is 0.593. The largest absolute Gasteiger partial charge is 0.379 e. The molecule has 0 aliphatic heterocycles. The highest BCUT2D eigenvalue weighted by Gasteiger charge is 2.10. The van der Waals surface area contributed by atoms with Crippen LogP contribution >= 0.6 is 0 Å². The van der Waals surface area contributed by atoms with Gasteiger partial charge in [0.05, 0.1) is 19.3 Å². The second kappa shape index (κ2) is 9.10. The summed E-state index contributed by atoms with van der Waals surface area (Å²) >= 11 is 0. The third-order valence-electron chi connectivity index (χ3n) is 3.02. The second-order valence-electron chi connectivity index (χ2n) is 5.42. The minimum absolute atomic E-state index is 0.422. The first-order chi connectivity index (χ1) is 9.17. The lowest BCUT2D eigenvalue weighted by Gasteiger charge is -2.14. The summed E-state index contributed by atoms with van der Waals surface area (Å²) in [5, 5.41) is 7.95. The van der Waals surface area contributed by atoms with Crippen LogP contribution in [0.3, 0.4) is 0 Å². The maximum Gasteiger partial charge on any atom is 0.0662 e. The molecule has 4 heteroatoms. The Morgan fingerprint density at radius 1 is 1.37 bits per heavy atom. The van der Waals surface area contributed by atoms with Gasteiger partial charge < -0.3 is 10.1 Å². The van der Waals surface area contributed by atoms with Gasteiger partial charge in [-0.2, -0.15) is 5.10 Å². The van der Waals surface area contributed by atoms with E-state index >= 15 is 0 Å². The summed E-state index contributed by atoms with van der Waals surface area (Å²) in [6.07, 6.45) is 6.36. The molecule has 4 nitrogen and oxygen atoms in total. The number of nitrogens with one attached hydrogen (secondary N) is 1. The minimum Gasteiger partial charge on any atom is -0.379 e. The fourth-order valence-electron chi connectivity index (χ4n) is 1.98. The van der Waals surface area contributed by atoms with Gasteiger partial charge in [-0.3, -0.25) is 4.68 Å². The highest BCUT2D eigenvalue weighted by Crippen LogP contribution is 2.15. The Kier molecular flexibility index (Phi) is 7.75. The fourth-order valence-corrected chi connectivity index (χ4v) is 1.98. The number of hydrogen-bond donors (Lipinski definition) is 1. The van der Waals surface area contributed by atoms with E-state index in [-0.39, 0.29) is 0 Å². The van der Waals surface area contributed by atoms with Crippen molar-refractivity contribution in [3.8, 4) is 0 Å². The van der Waals surface area contributed by atoms with Crippen LogP contribution in [0, 0.1) is 5.92 Å². The molecule has 0 saturated heterocycles. The number of ether oxygens (including phenoxy) is 1. The molecule has 0 saturated carbocycles. The maximum absolute atomic E-state index is 5.58. The number of aromatic nitrogens is 2. The van der Waals surface area contributed by atoms with Gasteiger partial charge in [-0.15, -0.1) is 0 Å². The average molecular weight is 267 g/mol. The standard InChI is InChI=1S/C15H29N3O/c1-5-7-16-15(6-2)14-10-17-18(11-14)8-9-19-12-13(3)4/h10-11,13,15-16H,5-9,12H2,1-4H3. The van der Waals surface area contributed by atoms with Crippen molar-refractivity contribution in [1.82, 2.24) is 15.1 Å². The molecule has 110 valence electrons. The SMILES string of the molecule is CCCNC(CC)c1cnn(CCOCC(C)C)c1. The van der Waals surface area contributed by atoms with Gasteiger partial charge in [0.25, 0.3) is 0 Å². The molecule has 0 fully saturated rings. The molecule has 1 atom stereocenters. The molecule has 19 heavy (non-hydrogen) atoms. The lowest BCUT2D eigenvalue weighted by molar-refractivity contribution is 0.101. The molecule has 0 aromatic carbocycles. The first kappa shape index (κ1) is 16.2. The summed E-state index contributed by atoms with van der Waals surface area (Å²) < 4.78 is 7.56. The molecule has 0 radical (unpaired) electrons. The van der Waals surface area contributed by atoms with Crippen molar-refractivity contribution in [2.75, 3.05) is 19.8 Å². The number of hydrogen-bond acceptors (Lipinski definition) is 3. The summed E-state index contributed by atoms with van der Waals surface area (Å²) in [7, 11) is 0. The van der Waals surface area contributed by atoms with E-state index in [0.29, 0.717) is 12.0 Å². The van der Waals surface area contributed by atoms with Crippen molar-refractivity contribution in [2.24, 2.45) is 5.92 Å². The van der Waals surface area contributed by atoms with Crippen molar-refractivity contribution >= 4 is 0 Å². The topological polar surface area (TPSA) is 39.1 Å². The van der Waals surface area contributed by atoms with Crippen molar-refractivity contribution in [1.29, 1.82) is 0 Å². The Morgan fingerprint density at radius 3 is 2.79 bits per heavy atom. The lowest BCUT2D eigenvalue weighted by Crippen LogP contribution is -2.21. The molecule has 1 rings (SSSR count). The van der Waals surface area contributed by atoms with Gasteiger partial charge in [0.2, 0.25) is 0 Å².